The zero-order valence-electron chi connectivity index (χ0n) is 12.6. The van der Waals surface area contributed by atoms with Crippen LogP contribution < -0.4 is 28.7 Å². The first-order valence-electron chi connectivity index (χ1n) is 6.43. The van der Waals surface area contributed by atoms with E-state index in [9.17, 15) is 9.90 Å². The molecule has 4 nitrogen and oxygen atoms in total. The van der Waals surface area contributed by atoms with Crippen LogP contribution in [0.15, 0.2) is 60.4 Å². The van der Waals surface area contributed by atoms with E-state index in [-0.39, 0.29) is 24.6 Å². The zero-order chi connectivity index (χ0) is 15.1. The second-order valence-corrected chi connectivity index (χ2v) is 4.34. The Balaban J connectivity index is 0.00000242. The minimum absolute atomic E-state index is 0. The molecule has 2 aromatic carbocycles. The zero-order valence-corrected chi connectivity index (χ0v) is 12.6. The smallest absolute Gasteiger partial charge is 0.542 e. The molecule has 0 aliphatic heterocycles. The second-order valence-electron chi connectivity index (χ2n) is 4.34. The Labute approximate surface area is 141 Å². The molecular weight excluding hydrogens is 275 g/mol. The van der Waals surface area contributed by atoms with Crippen molar-refractivity contribution >= 4 is 12.0 Å². The molecule has 0 N–H and O–H groups in total. The van der Waals surface area contributed by atoms with E-state index in [0.717, 1.165) is 5.56 Å². The number of hydrogen-bond donors (Lipinski definition) is 0. The van der Waals surface area contributed by atoms with Crippen LogP contribution in [-0.4, -0.2) is 13.1 Å². The third-order valence-corrected chi connectivity index (χ3v) is 2.85. The number of methoxy groups -OCH3 is 1. The molecule has 2 aromatic rings. The van der Waals surface area contributed by atoms with Crippen molar-refractivity contribution < 1.29 is 38.2 Å². The second kappa shape index (κ2) is 8.99. The summed E-state index contributed by atoms with van der Waals surface area (Å²) in [6, 6.07) is 16.9. The summed E-state index contributed by atoms with van der Waals surface area (Å²) in [5.41, 5.74) is 1.78. The summed E-state index contributed by atoms with van der Waals surface area (Å²) in [4.78, 5) is 10.7. The van der Waals surface area contributed by atoms with Crippen molar-refractivity contribution in [2.75, 3.05) is 7.11 Å². The van der Waals surface area contributed by atoms with E-state index in [4.69, 9.17) is 9.47 Å². The third-order valence-electron chi connectivity index (χ3n) is 2.85. The van der Waals surface area contributed by atoms with Crippen LogP contribution in [0.4, 0.5) is 0 Å². The summed E-state index contributed by atoms with van der Waals surface area (Å²) in [5, 5.41) is 10.7. The normalized spacial score (nSPS) is 10.5. The summed E-state index contributed by atoms with van der Waals surface area (Å²) in [6.45, 7) is 0.485. The first-order chi connectivity index (χ1) is 10.2. The van der Waals surface area contributed by atoms with Gasteiger partial charge in [0.25, 0.3) is 0 Å². The molecule has 0 saturated heterocycles. The van der Waals surface area contributed by atoms with Crippen LogP contribution in [0.1, 0.15) is 11.1 Å². The summed E-state index contributed by atoms with van der Waals surface area (Å²) in [7, 11) is 1.29. The number of carboxylic acid groups (broad SMARTS) is 1. The van der Waals surface area contributed by atoms with Crippen molar-refractivity contribution in [3.05, 3.63) is 71.5 Å². The maximum atomic E-state index is 10.7. The van der Waals surface area contributed by atoms with Crippen molar-refractivity contribution in [2.24, 2.45) is 0 Å². The Morgan fingerprint density at radius 2 is 1.73 bits per heavy atom. The van der Waals surface area contributed by atoms with E-state index < -0.39 is 5.97 Å². The Hall–Kier alpha value is -2.15. The predicted octanol–water partition coefficient (Wildman–Crippen LogP) is -0.993. The number of rotatable bonds is 6. The van der Waals surface area contributed by atoms with E-state index in [2.05, 4.69) is 0 Å². The van der Waals surface area contributed by atoms with Gasteiger partial charge >= 0.3 is 18.9 Å². The molecule has 0 aliphatic rings. The van der Waals surface area contributed by atoms with Crippen molar-refractivity contribution in [2.45, 2.75) is 6.61 Å². The van der Waals surface area contributed by atoms with Gasteiger partial charge in [0.1, 0.15) is 24.1 Å². The van der Waals surface area contributed by atoms with Gasteiger partial charge in [0.05, 0.1) is 7.11 Å². The summed E-state index contributed by atoms with van der Waals surface area (Å²) in [5.74, 6) is -0.849. The molecule has 0 spiro atoms. The number of hydrogen-bond acceptors (Lipinski definition) is 4. The molecule has 0 fully saturated rings. The number of ether oxygens (including phenoxy) is 2. The first-order valence-corrected chi connectivity index (χ1v) is 6.43. The van der Waals surface area contributed by atoms with E-state index in [1.54, 1.807) is 24.3 Å². The molecule has 108 valence electrons. The molecule has 0 bridgehead atoms. The molecule has 0 radical (unpaired) electrons. The third kappa shape index (κ3) is 5.32. The van der Waals surface area contributed by atoms with E-state index in [1.165, 1.54) is 13.2 Å². The fourth-order valence-corrected chi connectivity index (χ4v) is 1.75. The summed E-state index contributed by atoms with van der Waals surface area (Å²) in [6.07, 6.45) is 1.40. The molecular formula is C17H15LiO4. The molecule has 2 rings (SSSR count). The van der Waals surface area contributed by atoms with Crippen LogP contribution in [0.3, 0.4) is 0 Å². The van der Waals surface area contributed by atoms with Crippen LogP contribution in [-0.2, 0) is 16.1 Å². The number of carboxylic acids is 1. The van der Waals surface area contributed by atoms with E-state index >= 15 is 0 Å². The topological polar surface area (TPSA) is 58.6 Å². The Kier molecular flexibility index (Phi) is 7.31. The van der Waals surface area contributed by atoms with Gasteiger partial charge in [0.15, 0.2) is 0 Å². The summed E-state index contributed by atoms with van der Waals surface area (Å²) < 4.78 is 10.4. The Morgan fingerprint density at radius 1 is 1.09 bits per heavy atom. The maximum Gasteiger partial charge on any atom is 1.00 e. The molecule has 0 heterocycles. The number of benzene rings is 2. The van der Waals surface area contributed by atoms with Crippen LogP contribution in [0, 0.1) is 0 Å². The molecule has 0 aromatic heterocycles. The average molecular weight is 290 g/mol. The van der Waals surface area contributed by atoms with Gasteiger partial charge in [-0.15, -0.1) is 0 Å². The van der Waals surface area contributed by atoms with Crippen molar-refractivity contribution in [3.63, 3.8) is 0 Å². The first kappa shape index (κ1) is 17.9. The Morgan fingerprint density at radius 3 is 2.27 bits per heavy atom. The van der Waals surface area contributed by atoms with Gasteiger partial charge in [-0.2, -0.15) is 0 Å². The number of aliphatic carboxylic acids is 1. The quantitative estimate of drug-likeness (QED) is 0.389. The molecule has 0 unspecified atom stereocenters. The van der Waals surface area contributed by atoms with Gasteiger partial charge in [-0.25, -0.2) is 0 Å². The van der Waals surface area contributed by atoms with Gasteiger partial charge in [-0.1, -0.05) is 42.5 Å². The molecule has 0 amide bonds. The predicted molar refractivity (Wildman–Crippen MR) is 77.2 cm³/mol. The van der Waals surface area contributed by atoms with Crippen LogP contribution in [0.5, 0.6) is 5.75 Å². The fourth-order valence-electron chi connectivity index (χ4n) is 1.75. The van der Waals surface area contributed by atoms with Gasteiger partial charge in [-0.3, -0.25) is 0 Å². The monoisotopic (exact) mass is 290 g/mol. The van der Waals surface area contributed by atoms with Gasteiger partial charge in [0, 0.05) is 0 Å². The standard InChI is InChI=1S/C17H16O4.Li/c1-20-16(17(18)19)11-13-7-9-15(10-8-13)21-12-14-5-3-2-4-6-14;/h2-11H,12H2,1H3,(H,18,19);/q;+1/p-1. The molecule has 0 atom stereocenters. The molecule has 0 aliphatic carbocycles. The van der Waals surface area contributed by atoms with E-state index in [1.807, 2.05) is 30.3 Å². The minimum atomic E-state index is -1.35. The molecule has 5 heteroatoms. The Bertz CT molecular complexity index is 621. The van der Waals surface area contributed by atoms with Gasteiger partial charge in [-0.05, 0) is 29.3 Å². The average Bonchev–Trinajstić information content (AvgIpc) is 2.52. The largest absolute Gasteiger partial charge is 1.00 e. The van der Waals surface area contributed by atoms with Gasteiger partial charge in [0.2, 0.25) is 0 Å². The number of carbonyl (C=O) groups is 1. The van der Waals surface area contributed by atoms with Crippen LogP contribution in [0.2, 0.25) is 0 Å². The SMILES string of the molecule is COC(=Cc1ccc(OCc2ccccc2)cc1)C(=O)[O-].[Li+]. The maximum absolute atomic E-state index is 10.7. The van der Waals surface area contributed by atoms with Gasteiger partial charge < -0.3 is 19.4 Å². The molecule has 22 heavy (non-hydrogen) atoms. The van der Waals surface area contributed by atoms with Crippen molar-refractivity contribution in [1.82, 2.24) is 0 Å². The minimum Gasteiger partial charge on any atom is -0.542 e. The van der Waals surface area contributed by atoms with Crippen molar-refractivity contribution in [3.8, 4) is 5.75 Å². The van der Waals surface area contributed by atoms with Crippen molar-refractivity contribution in [1.29, 1.82) is 0 Å². The molecule has 0 saturated carbocycles. The van der Waals surface area contributed by atoms with Crippen LogP contribution >= 0.6 is 0 Å². The van der Waals surface area contributed by atoms with Crippen LogP contribution in [0.25, 0.3) is 6.08 Å². The van der Waals surface area contributed by atoms with E-state index in [0.29, 0.717) is 17.9 Å². The number of carbonyl (C=O) groups excluding carboxylic acids is 1. The fraction of sp³-hybridized carbons (Fsp3) is 0.118. The summed E-state index contributed by atoms with van der Waals surface area (Å²) >= 11 is 0.